The minimum absolute atomic E-state index is 0.0229. The number of ether oxygens (including phenoxy) is 1. The van der Waals surface area contributed by atoms with Gasteiger partial charge in [-0.3, -0.25) is 9.59 Å². The van der Waals surface area contributed by atoms with E-state index in [2.05, 4.69) is 31.6 Å². The highest BCUT2D eigenvalue weighted by molar-refractivity contribution is 7.88. The van der Waals surface area contributed by atoms with E-state index < -0.39 is 22.0 Å². The Balaban J connectivity index is 1.80. The van der Waals surface area contributed by atoms with Crippen molar-refractivity contribution < 1.29 is 22.7 Å². The number of hydrogen-bond acceptors (Lipinski definition) is 5. The van der Waals surface area contributed by atoms with Crippen molar-refractivity contribution in [1.82, 2.24) is 14.3 Å². The van der Waals surface area contributed by atoms with E-state index in [0.29, 0.717) is 39.0 Å². The topological polar surface area (TPSA) is 105 Å². The zero-order chi connectivity index (χ0) is 23.8. The first-order valence-corrected chi connectivity index (χ1v) is 12.8. The number of hydrogen-bond donors (Lipinski definition) is 2. The van der Waals surface area contributed by atoms with Crippen LogP contribution in [0.3, 0.4) is 0 Å². The molecule has 0 saturated carbocycles. The quantitative estimate of drug-likeness (QED) is 0.429. The Hall–Kier alpha value is -2.13. The lowest BCUT2D eigenvalue weighted by Crippen LogP contribution is -2.50. The molecule has 32 heavy (non-hydrogen) atoms. The standard InChI is InChI=1S/C23H37N3O5S/c1-5-6-9-14-24-32(29,30)25-21(27)22(28)26-15-12-18(13-16-26)17-31-20-11-8-7-10-19(20)23(2,3)4/h7-8,10-11,18,24H,5-6,9,12-17H2,1-4H3,(H,25,27). The van der Waals surface area contributed by atoms with E-state index in [1.807, 2.05) is 29.8 Å². The third-order valence-electron chi connectivity index (χ3n) is 5.57. The van der Waals surface area contributed by atoms with Gasteiger partial charge in [-0.15, -0.1) is 0 Å². The molecule has 1 fully saturated rings. The van der Waals surface area contributed by atoms with Crippen molar-refractivity contribution in [3.63, 3.8) is 0 Å². The predicted octanol–water partition coefficient (Wildman–Crippen LogP) is 2.74. The second-order valence-corrected chi connectivity index (χ2v) is 10.8. The molecule has 180 valence electrons. The molecule has 0 spiro atoms. The van der Waals surface area contributed by atoms with Gasteiger partial charge in [0.15, 0.2) is 0 Å². The van der Waals surface area contributed by atoms with Crippen LogP contribution in [0, 0.1) is 5.92 Å². The van der Waals surface area contributed by atoms with Crippen LogP contribution in [-0.4, -0.2) is 51.4 Å². The average molecular weight is 468 g/mol. The van der Waals surface area contributed by atoms with Crippen molar-refractivity contribution >= 4 is 22.0 Å². The number of piperidine rings is 1. The molecule has 1 aliphatic heterocycles. The number of carbonyl (C=O) groups is 2. The molecule has 9 heteroatoms. The fraction of sp³-hybridized carbons (Fsp3) is 0.652. The molecule has 1 aromatic carbocycles. The average Bonchev–Trinajstić information content (AvgIpc) is 2.74. The van der Waals surface area contributed by atoms with E-state index in [1.165, 1.54) is 4.90 Å². The summed E-state index contributed by atoms with van der Waals surface area (Å²) in [6, 6.07) is 8.00. The number of unbranched alkanes of at least 4 members (excludes halogenated alkanes) is 2. The van der Waals surface area contributed by atoms with E-state index in [4.69, 9.17) is 4.74 Å². The number of likely N-dealkylation sites (tertiary alicyclic amines) is 1. The highest BCUT2D eigenvalue weighted by Gasteiger charge is 2.29. The molecule has 8 nitrogen and oxygen atoms in total. The number of nitrogens with zero attached hydrogens (tertiary/aromatic N) is 1. The number of rotatable bonds is 9. The maximum Gasteiger partial charge on any atom is 0.323 e. The fourth-order valence-corrected chi connectivity index (χ4v) is 4.47. The number of amides is 2. The molecule has 0 unspecified atom stereocenters. The Labute approximate surface area is 192 Å². The van der Waals surface area contributed by atoms with Crippen molar-refractivity contribution in [2.75, 3.05) is 26.2 Å². The Bertz CT molecular complexity index is 872. The van der Waals surface area contributed by atoms with E-state index >= 15 is 0 Å². The van der Waals surface area contributed by atoms with Crippen LogP contribution in [0.25, 0.3) is 0 Å². The maximum absolute atomic E-state index is 12.4. The largest absolute Gasteiger partial charge is 0.493 e. The molecule has 0 aliphatic carbocycles. The van der Waals surface area contributed by atoms with Gasteiger partial charge in [-0.1, -0.05) is 58.7 Å². The number of carbonyl (C=O) groups excluding carboxylic acids is 2. The first-order valence-electron chi connectivity index (χ1n) is 11.4. The summed E-state index contributed by atoms with van der Waals surface area (Å²) in [5.74, 6) is -0.809. The van der Waals surface area contributed by atoms with Crippen molar-refractivity contribution in [1.29, 1.82) is 0 Å². The van der Waals surface area contributed by atoms with E-state index in [0.717, 1.165) is 24.2 Å². The zero-order valence-electron chi connectivity index (χ0n) is 19.6. The van der Waals surface area contributed by atoms with Crippen molar-refractivity contribution in [3.8, 4) is 5.75 Å². The van der Waals surface area contributed by atoms with Crippen molar-refractivity contribution in [2.45, 2.75) is 65.2 Å². The van der Waals surface area contributed by atoms with E-state index in [9.17, 15) is 18.0 Å². The smallest absolute Gasteiger partial charge is 0.323 e. The van der Waals surface area contributed by atoms with Crippen LogP contribution in [0.1, 0.15) is 65.4 Å². The Morgan fingerprint density at radius 2 is 1.78 bits per heavy atom. The molecule has 1 saturated heterocycles. The lowest BCUT2D eigenvalue weighted by molar-refractivity contribution is -0.145. The van der Waals surface area contributed by atoms with Gasteiger partial charge in [0.05, 0.1) is 6.61 Å². The summed E-state index contributed by atoms with van der Waals surface area (Å²) >= 11 is 0. The first kappa shape index (κ1) is 26.1. The van der Waals surface area contributed by atoms with Gasteiger partial charge in [-0.2, -0.15) is 13.1 Å². The molecule has 0 radical (unpaired) electrons. The second kappa shape index (κ2) is 11.7. The molecule has 1 aliphatic rings. The normalized spacial score (nSPS) is 15.4. The van der Waals surface area contributed by atoms with Gasteiger partial charge in [0.2, 0.25) is 0 Å². The predicted molar refractivity (Wildman–Crippen MR) is 125 cm³/mol. The van der Waals surface area contributed by atoms with Gasteiger partial charge in [-0.25, -0.2) is 4.72 Å². The van der Waals surface area contributed by atoms with Crippen LogP contribution in [0.5, 0.6) is 5.75 Å². The summed E-state index contributed by atoms with van der Waals surface area (Å²) in [7, 11) is -4.03. The number of para-hydroxylation sites is 1. The van der Waals surface area contributed by atoms with Crippen LogP contribution in [0.2, 0.25) is 0 Å². The zero-order valence-corrected chi connectivity index (χ0v) is 20.5. The third kappa shape index (κ3) is 8.09. The molecular formula is C23H37N3O5S. The van der Waals surface area contributed by atoms with E-state index in [1.54, 1.807) is 0 Å². The summed E-state index contributed by atoms with van der Waals surface area (Å²) in [5, 5.41) is 0. The second-order valence-electron chi connectivity index (χ2n) is 9.33. The molecule has 0 bridgehead atoms. The van der Waals surface area contributed by atoms with Crippen LogP contribution < -0.4 is 14.2 Å². The van der Waals surface area contributed by atoms with Crippen LogP contribution in [-0.2, 0) is 25.2 Å². The monoisotopic (exact) mass is 467 g/mol. The molecule has 2 amide bonds. The van der Waals surface area contributed by atoms with Gasteiger partial charge >= 0.3 is 22.0 Å². The van der Waals surface area contributed by atoms with Gasteiger partial charge in [-0.05, 0) is 42.2 Å². The lowest BCUT2D eigenvalue weighted by atomic mass is 9.86. The number of benzene rings is 1. The van der Waals surface area contributed by atoms with Crippen molar-refractivity contribution in [3.05, 3.63) is 29.8 Å². The molecule has 1 heterocycles. The first-order chi connectivity index (χ1) is 15.0. The minimum atomic E-state index is -4.03. The molecule has 2 rings (SSSR count). The highest BCUT2D eigenvalue weighted by Crippen LogP contribution is 2.31. The SMILES string of the molecule is CCCCCNS(=O)(=O)NC(=O)C(=O)N1CCC(COc2ccccc2C(C)(C)C)CC1. The number of nitrogens with one attached hydrogen (secondary N) is 2. The third-order valence-corrected chi connectivity index (χ3v) is 6.60. The summed E-state index contributed by atoms with van der Waals surface area (Å²) < 4.78 is 34.1. The van der Waals surface area contributed by atoms with Crippen LogP contribution in [0.4, 0.5) is 0 Å². The summed E-state index contributed by atoms with van der Waals surface area (Å²) in [5.41, 5.74) is 1.12. The molecule has 0 atom stereocenters. The molecule has 1 aromatic rings. The molecular weight excluding hydrogens is 430 g/mol. The van der Waals surface area contributed by atoms with Crippen LogP contribution >= 0.6 is 0 Å². The molecule has 2 N–H and O–H groups in total. The highest BCUT2D eigenvalue weighted by atomic mass is 32.2. The van der Waals surface area contributed by atoms with E-state index in [-0.39, 0.29) is 17.9 Å². The van der Waals surface area contributed by atoms with Gasteiger partial charge in [0.1, 0.15) is 5.75 Å². The summed E-state index contributed by atoms with van der Waals surface area (Å²) in [4.78, 5) is 25.9. The fourth-order valence-electron chi connectivity index (χ4n) is 3.65. The molecule has 0 aromatic heterocycles. The van der Waals surface area contributed by atoms with Gasteiger partial charge in [0, 0.05) is 19.6 Å². The lowest BCUT2D eigenvalue weighted by Gasteiger charge is -2.32. The Morgan fingerprint density at radius 1 is 1.12 bits per heavy atom. The maximum atomic E-state index is 12.4. The summed E-state index contributed by atoms with van der Waals surface area (Å²) in [6.45, 7) is 10.00. The van der Waals surface area contributed by atoms with Crippen molar-refractivity contribution in [2.24, 2.45) is 5.92 Å². The van der Waals surface area contributed by atoms with Gasteiger partial charge in [0.25, 0.3) is 0 Å². The summed E-state index contributed by atoms with van der Waals surface area (Å²) in [6.07, 6.45) is 3.90. The van der Waals surface area contributed by atoms with Gasteiger partial charge < -0.3 is 9.64 Å². The Kier molecular flexibility index (Phi) is 9.51. The minimum Gasteiger partial charge on any atom is -0.493 e. The Morgan fingerprint density at radius 3 is 2.41 bits per heavy atom. The van der Waals surface area contributed by atoms with Crippen LogP contribution in [0.15, 0.2) is 24.3 Å².